The van der Waals surface area contributed by atoms with Gasteiger partial charge in [-0.25, -0.2) is 0 Å². The monoisotopic (exact) mass is 365 g/mol. The minimum Gasteiger partial charge on any atom is -0.495 e. The van der Waals surface area contributed by atoms with Gasteiger partial charge in [-0.15, -0.1) is 0 Å². The summed E-state index contributed by atoms with van der Waals surface area (Å²) < 4.78 is 10.6. The summed E-state index contributed by atoms with van der Waals surface area (Å²) in [5, 5.41) is 3.90. The number of anilines is 1. The molecular formula is C19H19N5O3. The molecule has 0 bridgehead atoms. The molecular weight excluding hydrogens is 346 g/mol. The topological polar surface area (TPSA) is 84.6 Å². The molecule has 1 aliphatic heterocycles. The van der Waals surface area contributed by atoms with Crippen molar-refractivity contribution < 1.29 is 14.1 Å². The fraction of sp³-hybridized carbons (Fsp3) is 0.263. The third-order valence-corrected chi connectivity index (χ3v) is 4.54. The summed E-state index contributed by atoms with van der Waals surface area (Å²) in [5.74, 6) is 0.972. The maximum Gasteiger partial charge on any atom is 0.316 e. The molecule has 0 unspecified atom stereocenters. The molecule has 1 amide bonds. The van der Waals surface area contributed by atoms with Gasteiger partial charge < -0.3 is 19.1 Å². The van der Waals surface area contributed by atoms with Crippen LogP contribution in [0.2, 0.25) is 0 Å². The lowest BCUT2D eigenvalue weighted by molar-refractivity contribution is 0.0696. The first-order valence-electron chi connectivity index (χ1n) is 8.67. The number of benzene rings is 1. The van der Waals surface area contributed by atoms with E-state index in [1.54, 1.807) is 36.5 Å². The Morgan fingerprint density at radius 2 is 1.81 bits per heavy atom. The highest BCUT2D eigenvalue weighted by Crippen LogP contribution is 2.28. The normalized spacial score (nSPS) is 14.3. The van der Waals surface area contributed by atoms with Crippen molar-refractivity contribution in [1.29, 1.82) is 0 Å². The number of para-hydroxylation sites is 2. The Balaban J connectivity index is 1.43. The van der Waals surface area contributed by atoms with Crippen molar-refractivity contribution in [2.45, 2.75) is 0 Å². The highest BCUT2D eigenvalue weighted by Gasteiger charge is 2.27. The minimum atomic E-state index is -0.248. The molecule has 3 heterocycles. The number of carbonyl (C=O) groups is 1. The van der Waals surface area contributed by atoms with Crippen molar-refractivity contribution in [2.24, 2.45) is 0 Å². The lowest BCUT2D eigenvalue weighted by atomic mass is 10.2. The highest BCUT2D eigenvalue weighted by molar-refractivity contribution is 5.90. The zero-order valence-corrected chi connectivity index (χ0v) is 14.9. The lowest BCUT2D eigenvalue weighted by Crippen LogP contribution is -2.49. The molecule has 1 aromatic carbocycles. The minimum absolute atomic E-state index is 0.00699. The fourth-order valence-corrected chi connectivity index (χ4v) is 3.11. The van der Waals surface area contributed by atoms with Crippen LogP contribution in [0.25, 0.3) is 11.4 Å². The van der Waals surface area contributed by atoms with Crippen LogP contribution in [0, 0.1) is 0 Å². The molecule has 1 aliphatic rings. The first-order valence-corrected chi connectivity index (χ1v) is 8.67. The Morgan fingerprint density at radius 3 is 2.56 bits per heavy atom. The average Bonchev–Trinajstić information content (AvgIpc) is 3.24. The second-order valence-corrected chi connectivity index (χ2v) is 6.11. The predicted octanol–water partition coefficient (Wildman–Crippen LogP) is 2.10. The standard InChI is InChI=1S/C19H19N5O3/c1-26-16-5-3-2-4-15(16)23-10-12-24(13-11-23)19(25)18-21-17(22-27-18)14-6-8-20-9-7-14/h2-9H,10-13H2,1H3. The molecule has 1 saturated heterocycles. The van der Waals surface area contributed by atoms with Crippen molar-refractivity contribution in [3.05, 3.63) is 54.7 Å². The summed E-state index contributed by atoms with van der Waals surface area (Å²) >= 11 is 0. The molecule has 2 aromatic heterocycles. The Hall–Kier alpha value is -3.42. The van der Waals surface area contributed by atoms with Gasteiger partial charge in [0.05, 0.1) is 12.8 Å². The molecule has 27 heavy (non-hydrogen) atoms. The zero-order chi connectivity index (χ0) is 18.6. The second-order valence-electron chi connectivity index (χ2n) is 6.11. The summed E-state index contributed by atoms with van der Waals surface area (Å²) in [4.78, 5) is 24.8. The number of hydrogen-bond donors (Lipinski definition) is 0. The van der Waals surface area contributed by atoms with Crippen LogP contribution in [0.15, 0.2) is 53.3 Å². The summed E-state index contributed by atoms with van der Waals surface area (Å²) in [6, 6.07) is 11.4. The van der Waals surface area contributed by atoms with E-state index in [-0.39, 0.29) is 11.8 Å². The summed E-state index contributed by atoms with van der Waals surface area (Å²) in [7, 11) is 1.66. The molecule has 3 aromatic rings. The van der Waals surface area contributed by atoms with E-state index in [4.69, 9.17) is 9.26 Å². The molecule has 0 aliphatic carbocycles. The van der Waals surface area contributed by atoms with Gasteiger partial charge in [0.2, 0.25) is 5.82 Å². The van der Waals surface area contributed by atoms with Crippen LogP contribution in [0.5, 0.6) is 5.75 Å². The molecule has 0 saturated carbocycles. The Kier molecular flexibility index (Phi) is 4.69. The number of aromatic nitrogens is 3. The molecule has 8 nitrogen and oxygen atoms in total. The third-order valence-electron chi connectivity index (χ3n) is 4.54. The van der Waals surface area contributed by atoms with Crippen LogP contribution in [0.1, 0.15) is 10.7 Å². The van der Waals surface area contributed by atoms with Crippen LogP contribution < -0.4 is 9.64 Å². The van der Waals surface area contributed by atoms with Gasteiger partial charge in [0.15, 0.2) is 0 Å². The first-order chi connectivity index (χ1) is 13.3. The SMILES string of the molecule is COc1ccccc1N1CCN(C(=O)c2nc(-c3ccncc3)no2)CC1. The Labute approximate surface area is 156 Å². The molecule has 8 heteroatoms. The number of piperazine rings is 1. The summed E-state index contributed by atoms with van der Waals surface area (Å²) in [5.41, 5.74) is 1.79. The van der Waals surface area contributed by atoms with E-state index in [0.29, 0.717) is 32.0 Å². The predicted molar refractivity (Wildman–Crippen MR) is 98.6 cm³/mol. The Morgan fingerprint density at radius 1 is 1.07 bits per heavy atom. The number of methoxy groups -OCH3 is 1. The van der Waals surface area contributed by atoms with Gasteiger partial charge in [0.25, 0.3) is 0 Å². The molecule has 0 atom stereocenters. The largest absolute Gasteiger partial charge is 0.495 e. The van der Waals surface area contributed by atoms with Crippen LogP contribution in [-0.2, 0) is 0 Å². The van der Waals surface area contributed by atoms with Crippen LogP contribution in [0.4, 0.5) is 5.69 Å². The molecule has 138 valence electrons. The quantitative estimate of drug-likeness (QED) is 0.700. The highest BCUT2D eigenvalue weighted by atomic mass is 16.5. The smallest absolute Gasteiger partial charge is 0.316 e. The molecule has 0 spiro atoms. The number of rotatable bonds is 4. The van der Waals surface area contributed by atoms with Gasteiger partial charge in [0, 0.05) is 44.1 Å². The summed E-state index contributed by atoms with van der Waals surface area (Å²) in [6.07, 6.45) is 3.29. The number of carbonyl (C=O) groups excluding carboxylic acids is 1. The van der Waals surface area contributed by atoms with Gasteiger partial charge in [-0.2, -0.15) is 4.98 Å². The number of nitrogens with zero attached hydrogens (tertiary/aromatic N) is 5. The number of pyridine rings is 1. The third kappa shape index (κ3) is 3.46. The van der Waals surface area contributed by atoms with E-state index in [0.717, 1.165) is 17.0 Å². The number of amides is 1. The summed E-state index contributed by atoms with van der Waals surface area (Å²) in [6.45, 7) is 2.56. The first kappa shape index (κ1) is 17.0. The lowest BCUT2D eigenvalue weighted by Gasteiger charge is -2.35. The van der Waals surface area contributed by atoms with Crippen LogP contribution >= 0.6 is 0 Å². The van der Waals surface area contributed by atoms with Crippen molar-refractivity contribution in [2.75, 3.05) is 38.2 Å². The van der Waals surface area contributed by atoms with Gasteiger partial charge >= 0.3 is 11.8 Å². The number of ether oxygens (including phenoxy) is 1. The molecule has 0 N–H and O–H groups in total. The van der Waals surface area contributed by atoms with Crippen molar-refractivity contribution in [1.82, 2.24) is 20.0 Å². The Bertz CT molecular complexity index is 920. The van der Waals surface area contributed by atoms with Gasteiger partial charge in [-0.3, -0.25) is 9.78 Å². The fourth-order valence-electron chi connectivity index (χ4n) is 3.11. The van der Waals surface area contributed by atoms with Gasteiger partial charge in [0.1, 0.15) is 5.75 Å². The van der Waals surface area contributed by atoms with Crippen LogP contribution in [0.3, 0.4) is 0 Å². The zero-order valence-electron chi connectivity index (χ0n) is 14.9. The van der Waals surface area contributed by atoms with E-state index < -0.39 is 0 Å². The maximum atomic E-state index is 12.7. The van der Waals surface area contributed by atoms with Gasteiger partial charge in [-0.1, -0.05) is 17.3 Å². The maximum absolute atomic E-state index is 12.7. The van der Waals surface area contributed by atoms with E-state index in [1.807, 2.05) is 24.3 Å². The van der Waals surface area contributed by atoms with Crippen molar-refractivity contribution >= 4 is 11.6 Å². The molecule has 4 rings (SSSR count). The van der Waals surface area contributed by atoms with Crippen LogP contribution in [-0.4, -0.2) is 59.2 Å². The molecule has 0 radical (unpaired) electrons. The van der Waals surface area contributed by atoms with E-state index in [9.17, 15) is 4.79 Å². The second kappa shape index (κ2) is 7.45. The number of hydrogen-bond acceptors (Lipinski definition) is 7. The van der Waals surface area contributed by atoms with Crippen molar-refractivity contribution in [3.8, 4) is 17.1 Å². The van der Waals surface area contributed by atoms with Crippen molar-refractivity contribution in [3.63, 3.8) is 0 Å². The van der Waals surface area contributed by atoms with E-state index in [2.05, 4.69) is 20.0 Å². The average molecular weight is 365 g/mol. The van der Waals surface area contributed by atoms with E-state index >= 15 is 0 Å². The van der Waals surface area contributed by atoms with E-state index in [1.165, 1.54) is 0 Å². The molecule has 1 fully saturated rings. The van der Waals surface area contributed by atoms with Gasteiger partial charge in [-0.05, 0) is 24.3 Å².